The molecule has 0 radical (unpaired) electrons. The molecule has 0 unspecified atom stereocenters. The molecule has 0 atom stereocenters. The monoisotopic (exact) mass is 268 g/mol. The van der Waals surface area contributed by atoms with Crippen LogP contribution in [-0.2, 0) is 0 Å². The lowest BCUT2D eigenvalue weighted by molar-refractivity contribution is 0.398. The van der Waals surface area contributed by atoms with Crippen LogP contribution in [0.4, 0.5) is 0 Å². The number of phenols is 1. The molecule has 20 heavy (non-hydrogen) atoms. The fraction of sp³-hybridized carbons (Fsp3) is 0.0625. The number of hydrogen-bond donors (Lipinski definition) is 1. The molecule has 0 saturated carbocycles. The van der Waals surface area contributed by atoms with Gasteiger partial charge in [0.05, 0.1) is 12.5 Å². The zero-order valence-corrected chi connectivity index (χ0v) is 10.8. The van der Waals surface area contributed by atoms with Crippen molar-refractivity contribution in [3.63, 3.8) is 0 Å². The van der Waals surface area contributed by atoms with Crippen molar-refractivity contribution in [1.29, 1.82) is 0 Å². The first-order chi connectivity index (χ1) is 9.70. The summed E-state index contributed by atoms with van der Waals surface area (Å²) < 4.78 is 10.9. The molecule has 0 bridgehead atoms. The summed E-state index contributed by atoms with van der Waals surface area (Å²) in [5.41, 5.74) is 0.814. The highest BCUT2D eigenvalue weighted by molar-refractivity contribution is 5.83. The maximum Gasteiger partial charge on any atom is 0.235 e. The average molecular weight is 268 g/mol. The van der Waals surface area contributed by atoms with Crippen molar-refractivity contribution in [2.75, 3.05) is 7.11 Å². The van der Waals surface area contributed by atoms with Gasteiger partial charge >= 0.3 is 0 Å². The second kappa shape index (κ2) is 4.74. The molecule has 0 spiro atoms. The van der Waals surface area contributed by atoms with Crippen LogP contribution in [-0.4, -0.2) is 12.2 Å². The van der Waals surface area contributed by atoms with Gasteiger partial charge in [-0.2, -0.15) is 0 Å². The van der Waals surface area contributed by atoms with Crippen molar-refractivity contribution in [3.8, 4) is 22.8 Å². The quantitative estimate of drug-likeness (QED) is 0.775. The summed E-state index contributed by atoms with van der Waals surface area (Å²) in [4.78, 5) is 12.4. The van der Waals surface area contributed by atoms with Gasteiger partial charge in [0.2, 0.25) is 11.2 Å². The minimum absolute atomic E-state index is 0.0461. The third kappa shape index (κ3) is 1.91. The molecule has 4 heteroatoms. The molecule has 3 aromatic rings. The van der Waals surface area contributed by atoms with E-state index < -0.39 is 0 Å². The Kier molecular flexibility index (Phi) is 2.91. The maximum absolute atomic E-state index is 12.4. The van der Waals surface area contributed by atoms with E-state index in [1.165, 1.54) is 25.3 Å². The summed E-state index contributed by atoms with van der Waals surface area (Å²) >= 11 is 0. The average Bonchev–Trinajstić information content (AvgIpc) is 2.47. The van der Waals surface area contributed by atoms with Crippen LogP contribution < -0.4 is 10.2 Å². The van der Waals surface area contributed by atoms with Gasteiger partial charge in [0.15, 0.2) is 5.76 Å². The van der Waals surface area contributed by atoms with Gasteiger partial charge < -0.3 is 14.3 Å². The number of methoxy groups -OCH3 is 1. The standard InChI is InChI=1S/C16H12O4/c1-19-16-14(18)12-8-7-11(17)9-13(12)20-15(16)10-5-3-2-4-6-10/h2-9,17H,1H3. The van der Waals surface area contributed by atoms with Crippen LogP contribution in [0.3, 0.4) is 0 Å². The molecule has 1 N–H and O–H groups in total. The molecule has 0 aliphatic rings. The summed E-state index contributed by atoms with van der Waals surface area (Å²) in [6.07, 6.45) is 0. The predicted molar refractivity (Wildman–Crippen MR) is 76.1 cm³/mol. The molecule has 4 nitrogen and oxygen atoms in total. The SMILES string of the molecule is COc1c(-c2ccccc2)oc2cc(O)ccc2c1=O. The summed E-state index contributed by atoms with van der Waals surface area (Å²) in [6.45, 7) is 0. The minimum atomic E-state index is -0.257. The molecule has 0 saturated heterocycles. The molecule has 1 heterocycles. The van der Waals surface area contributed by atoms with Crippen molar-refractivity contribution in [3.05, 3.63) is 58.8 Å². The topological polar surface area (TPSA) is 59.7 Å². The largest absolute Gasteiger partial charge is 0.508 e. The molecule has 0 aliphatic heterocycles. The van der Waals surface area contributed by atoms with Crippen LogP contribution in [0.25, 0.3) is 22.3 Å². The zero-order chi connectivity index (χ0) is 14.1. The Bertz CT molecular complexity index is 819. The molecular weight excluding hydrogens is 256 g/mol. The van der Waals surface area contributed by atoms with Gasteiger partial charge in [-0.05, 0) is 12.1 Å². The predicted octanol–water partition coefficient (Wildman–Crippen LogP) is 3.17. The van der Waals surface area contributed by atoms with E-state index in [0.717, 1.165) is 5.56 Å². The summed E-state index contributed by atoms with van der Waals surface area (Å²) in [7, 11) is 1.44. The third-order valence-corrected chi connectivity index (χ3v) is 3.07. The number of rotatable bonds is 2. The van der Waals surface area contributed by atoms with Gasteiger partial charge in [-0.1, -0.05) is 30.3 Å². The van der Waals surface area contributed by atoms with Gasteiger partial charge in [-0.15, -0.1) is 0 Å². The number of aromatic hydroxyl groups is 1. The molecular formula is C16H12O4. The van der Waals surface area contributed by atoms with Crippen molar-refractivity contribution < 1.29 is 14.3 Å². The minimum Gasteiger partial charge on any atom is -0.508 e. The highest BCUT2D eigenvalue weighted by Gasteiger charge is 2.16. The van der Waals surface area contributed by atoms with Gasteiger partial charge in [-0.25, -0.2) is 0 Å². The highest BCUT2D eigenvalue weighted by Crippen LogP contribution is 2.31. The number of hydrogen-bond acceptors (Lipinski definition) is 4. The van der Waals surface area contributed by atoms with E-state index >= 15 is 0 Å². The Hall–Kier alpha value is -2.75. The second-order valence-electron chi connectivity index (χ2n) is 4.34. The Balaban J connectivity index is 2.39. The molecule has 0 aliphatic carbocycles. The van der Waals surface area contributed by atoms with E-state index in [1.807, 2.05) is 30.3 Å². The first-order valence-electron chi connectivity index (χ1n) is 6.10. The Morgan fingerprint density at radius 3 is 2.55 bits per heavy atom. The number of fused-ring (bicyclic) bond motifs is 1. The lowest BCUT2D eigenvalue weighted by Gasteiger charge is -2.09. The zero-order valence-electron chi connectivity index (χ0n) is 10.8. The Morgan fingerprint density at radius 2 is 1.85 bits per heavy atom. The first kappa shape index (κ1) is 12.3. The lowest BCUT2D eigenvalue weighted by Crippen LogP contribution is -2.07. The Labute approximate surface area is 114 Å². The van der Waals surface area contributed by atoms with E-state index in [0.29, 0.717) is 16.7 Å². The molecule has 2 aromatic carbocycles. The lowest BCUT2D eigenvalue weighted by atomic mass is 10.1. The van der Waals surface area contributed by atoms with E-state index in [-0.39, 0.29) is 16.9 Å². The van der Waals surface area contributed by atoms with E-state index in [2.05, 4.69) is 0 Å². The number of benzene rings is 2. The fourth-order valence-corrected chi connectivity index (χ4v) is 2.13. The van der Waals surface area contributed by atoms with Gasteiger partial charge in [0.1, 0.15) is 11.3 Å². The Morgan fingerprint density at radius 1 is 1.10 bits per heavy atom. The molecule has 3 rings (SSSR count). The maximum atomic E-state index is 12.4. The van der Waals surface area contributed by atoms with Crippen molar-refractivity contribution in [2.45, 2.75) is 0 Å². The second-order valence-corrected chi connectivity index (χ2v) is 4.34. The van der Waals surface area contributed by atoms with Crippen LogP contribution >= 0.6 is 0 Å². The van der Waals surface area contributed by atoms with Crippen molar-refractivity contribution >= 4 is 11.0 Å². The first-order valence-corrected chi connectivity index (χ1v) is 6.10. The van der Waals surface area contributed by atoms with Crippen LogP contribution in [0.2, 0.25) is 0 Å². The molecule has 1 aromatic heterocycles. The van der Waals surface area contributed by atoms with Gasteiger partial charge in [0, 0.05) is 11.6 Å². The normalized spacial score (nSPS) is 10.7. The van der Waals surface area contributed by atoms with Crippen LogP contribution in [0.15, 0.2) is 57.7 Å². The van der Waals surface area contributed by atoms with E-state index in [4.69, 9.17) is 9.15 Å². The number of phenolic OH excluding ortho intramolecular Hbond substituents is 1. The summed E-state index contributed by atoms with van der Waals surface area (Å²) in [5.74, 6) is 0.565. The summed E-state index contributed by atoms with van der Waals surface area (Å²) in [6, 6.07) is 13.6. The van der Waals surface area contributed by atoms with Gasteiger partial charge in [-0.3, -0.25) is 4.79 Å². The fourth-order valence-electron chi connectivity index (χ4n) is 2.13. The highest BCUT2D eigenvalue weighted by atomic mass is 16.5. The number of ether oxygens (including phenoxy) is 1. The molecule has 100 valence electrons. The smallest absolute Gasteiger partial charge is 0.235 e. The van der Waals surface area contributed by atoms with Crippen LogP contribution in [0.5, 0.6) is 11.5 Å². The van der Waals surface area contributed by atoms with Crippen molar-refractivity contribution in [1.82, 2.24) is 0 Å². The van der Waals surface area contributed by atoms with Gasteiger partial charge in [0.25, 0.3) is 0 Å². The van der Waals surface area contributed by atoms with Crippen LogP contribution in [0, 0.1) is 0 Å². The summed E-state index contributed by atoms with van der Waals surface area (Å²) in [5, 5.41) is 9.89. The van der Waals surface area contributed by atoms with E-state index in [9.17, 15) is 9.90 Å². The van der Waals surface area contributed by atoms with Crippen LogP contribution in [0.1, 0.15) is 0 Å². The van der Waals surface area contributed by atoms with E-state index in [1.54, 1.807) is 0 Å². The van der Waals surface area contributed by atoms with Crippen molar-refractivity contribution in [2.24, 2.45) is 0 Å². The molecule has 0 amide bonds. The molecule has 0 fully saturated rings. The third-order valence-electron chi connectivity index (χ3n) is 3.07.